The summed E-state index contributed by atoms with van der Waals surface area (Å²) < 4.78 is 39.3. The summed E-state index contributed by atoms with van der Waals surface area (Å²) in [6, 6.07) is 7.11. The Balaban J connectivity index is 2.59. The summed E-state index contributed by atoms with van der Waals surface area (Å²) in [5.41, 5.74) is -0.0203. The molecule has 0 bridgehead atoms. The van der Waals surface area contributed by atoms with Crippen molar-refractivity contribution < 1.29 is 13.2 Å². The van der Waals surface area contributed by atoms with Crippen LogP contribution in [0.1, 0.15) is 25.1 Å². The quantitative estimate of drug-likeness (QED) is 0.920. The van der Waals surface area contributed by atoms with Gasteiger partial charge in [-0.25, -0.2) is 9.97 Å². The van der Waals surface area contributed by atoms with Crippen LogP contribution in [-0.2, 0) is 12.6 Å². The predicted octanol–water partition coefficient (Wildman–Crippen LogP) is 4.16. The first-order chi connectivity index (χ1) is 9.95. The fourth-order valence-corrected chi connectivity index (χ4v) is 2.00. The highest BCUT2D eigenvalue weighted by Gasteiger charge is 2.34. The first-order valence-electron chi connectivity index (χ1n) is 6.74. The number of hydrogen-bond acceptors (Lipinski definition) is 3. The van der Waals surface area contributed by atoms with E-state index in [0.717, 1.165) is 6.07 Å². The average Bonchev–Trinajstić information content (AvgIpc) is 2.46. The Hall–Kier alpha value is -2.11. The second-order valence-corrected chi connectivity index (χ2v) is 4.50. The van der Waals surface area contributed by atoms with E-state index < -0.39 is 11.7 Å². The van der Waals surface area contributed by atoms with E-state index in [-0.39, 0.29) is 11.4 Å². The van der Waals surface area contributed by atoms with Crippen molar-refractivity contribution in [1.82, 2.24) is 9.97 Å². The molecule has 2 rings (SSSR count). The number of alkyl halides is 3. The number of nitrogens with zero attached hydrogens (tertiary/aromatic N) is 2. The number of rotatable bonds is 4. The molecule has 0 unspecified atom stereocenters. The third-order valence-corrected chi connectivity index (χ3v) is 2.97. The van der Waals surface area contributed by atoms with Gasteiger partial charge < -0.3 is 5.32 Å². The van der Waals surface area contributed by atoms with Gasteiger partial charge in [0.05, 0.1) is 5.56 Å². The predicted molar refractivity (Wildman–Crippen MR) is 76.0 cm³/mol. The number of benzene rings is 1. The summed E-state index contributed by atoms with van der Waals surface area (Å²) >= 11 is 0. The lowest BCUT2D eigenvalue weighted by Gasteiger charge is -2.13. The van der Waals surface area contributed by atoms with Crippen LogP contribution in [0.5, 0.6) is 0 Å². The number of hydrogen-bond donors (Lipinski definition) is 1. The lowest BCUT2D eigenvalue weighted by Crippen LogP contribution is -2.09. The van der Waals surface area contributed by atoms with Crippen LogP contribution in [0.25, 0.3) is 11.4 Å². The van der Waals surface area contributed by atoms with Crippen molar-refractivity contribution in [2.75, 3.05) is 11.9 Å². The lowest BCUT2D eigenvalue weighted by atomic mass is 10.1. The molecule has 0 aliphatic heterocycles. The molecule has 0 radical (unpaired) electrons. The minimum absolute atomic E-state index is 0.000506. The SMILES string of the molecule is CCNc1cc(CC)nc(-c2ccccc2C(F)(F)F)n1. The van der Waals surface area contributed by atoms with Crippen molar-refractivity contribution in [3.63, 3.8) is 0 Å². The van der Waals surface area contributed by atoms with Crippen LogP contribution in [0, 0.1) is 0 Å². The first kappa shape index (κ1) is 15.3. The molecule has 1 aromatic carbocycles. The molecule has 0 aliphatic carbocycles. The molecule has 6 heteroatoms. The molecule has 1 aromatic heterocycles. The maximum Gasteiger partial charge on any atom is 0.417 e. The molecule has 0 atom stereocenters. The number of halogens is 3. The van der Waals surface area contributed by atoms with Gasteiger partial charge in [0.1, 0.15) is 5.82 Å². The van der Waals surface area contributed by atoms with Crippen molar-refractivity contribution in [3.8, 4) is 11.4 Å². The van der Waals surface area contributed by atoms with E-state index in [0.29, 0.717) is 24.5 Å². The third-order valence-electron chi connectivity index (χ3n) is 2.97. The molecule has 0 spiro atoms. The van der Waals surface area contributed by atoms with Crippen molar-refractivity contribution in [2.45, 2.75) is 26.4 Å². The fourth-order valence-electron chi connectivity index (χ4n) is 2.00. The molecule has 0 fully saturated rings. The number of aryl methyl sites for hydroxylation is 1. The minimum Gasteiger partial charge on any atom is -0.370 e. The van der Waals surface area contributed by atoms with Gasteiger partial charge in [-0.15, -0.1) is 0 Å². The van der Waals surface area contributed by atoms with Crippen LogP contribution in [0.15, 0.2) is 30.3 Å². The van der Waals surface area contributed by atoms with Crippen molar-refractivity contribution in [1.29, 1.82) is 0 Å². The topological polar surface area (TPSA) is 37.8 Å². The van der Waals surface area contributed by atoms with E-state index in [2.05, 4.69) is 15.3 Å². The molecule has 0 saturated carbocycles. The summed E-state index contributed by atoms with van der Waals surface area (Å²) in [5.74, 6) is 0.634. The minimum atomic E-state index is -4.43. The van der Waals surface area contributed by atoms with Gasteiger partial charge in [-0.05, 0) is 19.4 Å². The van der Waals surface area contributed by atoms with E-state index in [1.165, 1.54) is 12.1 Å². The zero-order valence-corrected chi connectivity index (χ0v) is 11.8. The second-order valence-electron chi connectivity index (χ2n) is 4.50. The normalized spacial score (nSPS) is 11.5. The van der Waals surface area contributed by atoms with Gasteiger partial charge in [0.15, 0.2) is 5.82 Å². The van der Waals surface area contributed by atoms with E-state index in [1.54, 1.807) is 12.1 Å². The van der Waals surface area contributed by atoms with Crippen molar-refractivity contribution in [3.05, 3.63) is 41.6 Å². The number of nitrogens with one attached hydrogen (secondary N) is 1. The Kier molecular flexibility index (Phi) is 4.45. The number of aromatic nitrogens is 2. The first-order valence-corrected chi connectivity index (χ1v) is 6.74. The largest absolute Gasteiger partial charge is 0.417 e. The Morgan fingerprint density at radius 3 is 2.43 bits per heavy atom. The molecule has 0 saturated heterocycles. The molecule has 112 valence electrons. The standard InChI is InChI=1S/C15H16F3N3/c1-3-10-9-13(19-4-2)21-14(20-10)11-7-5-6-8-12(11)15(16,17)18/h5-9H,3-4H2,1-2H3,(H,19,20,21). The van der Waals surface area contributed by atoms with E-state index >= 15 is 0 Å². The van der Waals surface area contributed by atoms with Crippen LogP contribution in [0.3, 0.4) is 0 Å². The van der Waals surface area contributed by atoms with Crippen LogP contribution in [0.4, 0.5) is 19.0 Å². The van der Waals surface area contributed by atoms with Gasteiger partial charge in [-0.2, -0.15) is 13.2 Å². The highest BCUT2D eigenvalue weighted by molar-refractivity contribution is 5.63. The Morgan fingerprint density at radius 1 is 1.10 bits per heavy atom. The molecular weight excluding hydrogens is 279 g/mol. The molecule has 1 N–H and O–H groups in total. The van der Waals surface area contributed by atoms with Crippen LogP contribution in [-0.4, -0.2) is 16.5 Å². The molecule has 0 amide bonds. The summed E-state index contributed by atoms with van der Waals surface area (Å²) in [7, 11) is 0. The maximum atomic E-state index is 13.1. The second kappa shape index (κ2) is 6.11. The molecule has 21 heavy (non-hydrogen) atoms. The zero-order valence-electron chi connectivity index (χ0n) is 11.8. The smallest absolute Gasteiger partial charge is 0.370 e. The fraction of sp³-hybridized carbons (Fsp3) is 0.333. The van der Waals surface area contributed by atoms with Gasteiger partial charge >= 0.3 is 6.18 Å². The van der Waals surface area contributed by atoms with Crippen LogP contribution < -0.4 is 5.32 Å². The van der Waals surface area contributed by atoms with E-state index in [9.17, 15) is 13.2 Å². The zero-order chi connectivity index (χ0) is 15.5. The Bertz CT molecular complexity index is 624. The maximum absolute atomic E-state index is 13.1. The number of anilines is 1. The average molecular weight is 295 g/mol. The van der Waals surface area contributed by atoms with Crippen molar-refractivity contribution >= 4 is 5.82 Å². The summed E-state index contributed by atoms with van der Waals surface area (Å²) in [6.07, 6.45) is -3.80. The molecule has 1 heterocycles. The van der Waals surface area contributed by atoms with Crippen LogP contribution in [0.2, 0.25) is 0 Å². The molecular formula is C15H16F3N3. The Morgan fingerprint density at radius 2 is 1.81 bits per heavy atom. The monoisotopic (exact) mass is 295 g/mol. The summed E-state index contributed by atoms with van der Waals surface area (Å²) in [5, 5.41) is 3.02. The van der Waals surface area contributed by atoms with Gasteiger partial charge in [0, 0.05) is 23.9 Å². The van der Waals surface area contributed by atoms with Gasteiger partial charge in [-0.1, -0.05) is 25.1 Å². The summed E-state index contributed by atoms with van der Waals surface area (Å²) in [4.78, 5) is 8.42. The highest BCUT2D eigenvalue weighted by Crippen LogP contribution is 2.36. The van der Waals surface area contributed by atoms with Gasteiger partial charge in [-0.3, -0.25) is 0 Å². The highest BCUT2D eigenvalue weighted by atomic mass is 19.4. The lowest BCUT2D eigenvalue weighted by molar-refractivity contribution is -0.137. The van der Waals surface area contributed by atoms with Gasteiger partial charge in [0.25, 0.3) is 0 Å². The molecule has 0 aliphatic rings. The van der Waals surface area contributed by atoms with E-state index in [1.807, 2.05) is 13.8 Å². The third kappa shape index (κ3) is 3.51. The summed E-state index contributed by atoms with van der Waals surface area (Å²) in [6.45, 7) is 4.44. The van der Waals surface area contributed by atoms with Crippen molar-refractivity contribution in [2.24, 2.45) is 0 Å². The van der Waals surface area contributed by atoms with Gasteiger partial charge in [0.2, 0.25) is 0 Å². The Labute approximate surface area is 121 Å². The van der Waals surface area contributed by atoms with E-state index in [4.69, 9.17) is 0 Å². The molecule has 3 nitrogen and oxygen atoms in total. The molecule has 2 aromatic rings. The van der Waals surface area contributed by atoms with Crippen LogP contribution >= 0.6 is 0 Å².